The highest BCUT2D eigenvalue weighted by atomic mass is 16.5. The van der Waals surface area contributed by atoms with E-state index >= 15 is 0 Å². The molecule has 1 aromatic rings. The van der Waals surface area contributed by atoms with Gasteiger partial charge >= 0.3 is 5.97 Å². The Bertz CT molecular complexity index is 501. The van der Waals surface area contributed by atoms with Crippen molar-refractivity contribution in [3.63, 3.8) is 0 Å². The minimum absolute atomic E-state index is 0.0793. The molecule has 0 aliphatic carbocycles. The molecule has 1 amide bonds. The molecule has 0 spiro atoms. The van der Waals surface area contributed by atoms with Gasteiger partial charge in [0.1, 0.15) is 11.8 Å². The van der Waals surface area contributed by atoms with Gasteiger partial charge < -0.3 is 15.2 Å². The number of carbonyl (C=O) groups excluding carboxylic acids is 2. The number of carbonyl (C=O) groups is 2. The van der Waals surface area contributed by atoms with Crippen molar-refractivity contribution in [2.45, 2.75) is 26.3 Å². The van der Waals surface area contributed by atoms with Crippen molar-refractivity contribution >= 4 is 11.9 Å². The van der Waals surface area contributed by atoms with E-state index in [0.29, 0.717) is 12.0 Å². The monoisotopic (exact) mass is 277 g/mol. The summed E-state index contributed by atoms with van der Waals surface area (Å²) in [5, 5.41) is 11.8. The third kappa shape index (κ3) is 4.76. The molecule has 0 fully saturated rings. The first kappa shape index (κ1) is 15.8. The summed E-state index contributed by atoms with van der Waals surface area (Å²) in [5.41, 5.74) is 1.42. The molecule has 0 bridgehead atoms. The molecule has 0 radical (unpaired) electrons. The molecule has 20 heavy (non-hydrogen) atoms. The highest BCUT2D eigenvalue weighted by molar-refractivity contribution is 5.96. The summed E-state index contributed by atoms with van der Waals surface area (Å²) in [5.74, 6) is -0.798. The Kier molecular flexibility index (Phi) is 5.77. The number of benzene rings is 1. The number of amides is 1. The number of hydrogen-bond donors (Lipinski definition) is 2. The quantitative estimate of drug-likeness (QED) is 0.637. The zero-order valence-corrected chi connectivity index (χ0v) is 11.8. The maximum absolute atomic E-state index is 12.0. The van der Waals surface area contributed by atoms with Crippen LogP contribution in [-0.2, 0) is 9.53 Å². The van der Waals surface area contributed by atoms with Gasteiger partial charge in [-0.15, -0.1) is 0 Å². The van der Waals surface area contributed by atoms with Crippen molar-refractivity contribution in [1.82, 2.24) is 5.32 Å². The van der Waals surface area contributed by atoms with Crippen molar-refractivity contribution in [1.29, 1.82) is 0 Å². The Balaban J connectivity index is 2.78. The normalized spacial score (nSPS) is 11.3. The van der Waals surface area contributed by atoms with Crippen molar-refractivity contribution in [2.75, 3.05) is 7.11 Å². The Hall–Kier alpha value is -2.30. The fourth-order valence-electron chi connectivity index (χ4n) is 1.56. The van der Waals surface area contributed by atoms with Crippen molar-refractivity contribution in [3.8, 4) is 5.75 Å². The lowest BCUT2D eigenvalue weighted by Gasteiger charge is -2.15. The maximum atomic E-state index is 12.0. The van der Waals surface area contributed by atoms with Crippen LogP contribution in [0.5, 0.6) is 5.75 Å². The highest BCUT2D eigenvalue weighted by Crippen LogP contribution is 2.10. The maximum Gasteiger partial charge on any atom is 0.328 e. The number of methoxy groups -OCH3 is 1. The van der Waals surface area contributed by atoms with E-state index in [-0.39, 0.29) is 11.7 Å². The Morgan fingerprint density at radius 3 is 2.40 bits per heavy atom. The van der Waals surface area contributed by atoms with Gasteiger partial charge in [-0.3, -0.25) is 4.79 Å². The van der Waals surface area contributed by atoms with E-state index in [4.69, 9.17) is 0 Å². The van der Waals surface area contributed by atoms with E-state index in [0.717, 1.165) is 5.57 Å². The van der Waals surface area contributed by atoms with Gasteiger partial charge in [0.25, 0.3) is 5.91 Å². The van der Waals surface area contributed by atoms with Gasteiger partial charge in [0.2, 0.25) is 0 Å². The van der Waals surface area contributed by atoms with Crippen LogP contribution >= 0.6 is 0 Å². The molecule has 5 nitrogen and oxygen atoms in total. The molecule has 0 saturated carbocycles. The van der Waals surface area contributed by atoms with Crippen molar-refractivity contribution < 1.29 is 19.4 Å². The summed E-state index contributed by atoms with van der Waals surface area (Å²) >= 11 is 0. The SMILES string of the molecule is COC(=O)[C@H](CC=C(C)C)NC(=O)c1ccc(O)cc1. The summed E-state index contributed by atoms with van der Waals surface area (Å²) < 4.78 is 4.68. The van der Waals surface area contributed by atoms with Crippen LogP contribution in [0.1, 0.15) is 30.6 Å². The topological polar surface area (TPSA) is 75.6 Å². The number of rotatable bonds is 5. The molecule has 1 rings (SSSR count). The van der Waals surface area contributed by atoms with E-state index in [2.05, 4.69) is 10.1 Å². The number of phenolic OH excluding ortho intramolecular Hbond substituents is 1. The lowest BCUT2D eigenvalue weighted by atomic mass is 10.1. The number of esters is 1. The molecule has 1 atom stereocenters. The third-order valence-corrected chi connectivity index (χ3v) is 2.68. The number of hydrogen-bond acceptors (Lipinski definition) is 4. The molecule has 5 heteroatoms. The molecule has 0 aromatic heterocycles. The van der Waals surface area contributed by atoms with E-state index < -0.39 is 12.0 Å². The molecule has 108 valence electrons. The molecular weight excluding hydrogens is 258 g/mol. The van der Waals surface area contributed by atoms with Gasteiger partial charge in [0, 0.05) is 5.56 Å². The average molecular weight is 277 g/mol. The molecule has 0 aliphatic heterocycles. The zero-order valence-electron chi connectivity index (χ0n) is 11.8. The van der Waals surface area contributed by atoms with Crippen molar-refractivity contribution in [2.24, 2.45) is 0 Å². The molecule has 0 aliphatic rings. The minimum atomic E-state index is -0.726. The lowest BCUT2D eigenvalue weighted by molar-refractivity contribution is -0.142. The third-order valence-electron chi connectivity index (χ3n) is 2.68. The van der Waals surface area contributed by atoms with Gasteiger partial charge in [-0.2, -0.15) is 0 Å². The second-order valence-electron chi connectivity index (χ2n) is 4.61. The van der Waals surface area contributed by atoms with Gasteiger partial charge in [-0.25, -0.2) is 4.79 Å². The second kappa shape index (κ2) is 7.33. The number of nitrogens with one attached hydrogen (secondary N) is 1. The molecule has 0 saturated heterocycles. The summed E-state index contributed by atoms with van der Waals surface area (Å²) in [7, 11) is 1.28. The van der Waals surface area contributed by atoms with Gasteiger partial charge in [0.05, 0.1) is 7.11 Å². The lowest BCUT2D eigenvalue weighted by Crippen LogP contribution is -2.41. The van der Waals surface area contributed by atoms with Crippen LogP contribution in [-0.4, -0.2) is 30.1 Å². The Morgan fingerprint density at radius 2 is 1.90 bits per heavy atom. The molecule has 1 aromatic carbocycles. The summed E-state index contributed by atoms with van der Waals surface area (Å²) in [6.07, 6.45) is 2.23. The number of aromatic hydroxyl groups is 1. The van der Waals surface area contributed by atoms with Crippen LogP contribution in [0.15, 0.2) is 35.9 Å². The van der Waals surface area contributed by atoms with E-state index in [1.807, 2.05) is 19.9 Å². The minimum Gasteiger partial charge on any atom is -0.508 e. The fourth-order valence-corrected chi connectivity index (χ4v) is 1.56. The van der Waals surface area contributed by atoms with Crippen LogP contribution in [0.4, 0.5) is 0 Å². The van der Waals surface area contributed by atoms with E-state index in [9.17, 15) is 14.7 Å². The Morgan fingerprint density at radius 1 is 1.30 bits per heavy atom. The molecular formula is C15H19NO4. The van der Waals surface area contributed by atoms with Crippen LogP contribution in [0, 0.1) is 0 Å². The predicted molar refractivity (Wildman–Crippen MR) is 75.4 cm³/mol. The molecule has 0 unspecified atom stereocenters. The molecule has 2 N–H and O–H groups in total. The molecule has 0 heterocycles. The second-order valence-corrected chi connectivity index (χ2v) is 4.61. The van der Waals surface area contributed by atoms with E-state index in [1.54, 1.807) is 0 Å². The zero-order chi connectivity index (χ0) is 15.1. The highest BCUT2D eigenvalue weighted by Gasteiger charge is 2.20. The van der Waals surface area contributed by atoms with Gasteiger partial charge in [-0.05, 0) is 44.5 Å². The summed E-state index contributed by atoms with van der Waals surface area (Å²) in [6.45, 7) is 3.83. The first-order chi connectivity index (χ1) is 9.43. The van der Waals surface area contributed by atoms with Crippen LogP contribution < -0.4 is 5.32 Å². The first-order valence-corrected chi connectivity index (χ1v) is 6.25. The smallest absolute Gasteiger partial charge is 0.328 e. The number of ether oxygens (including phenoxy) is 1. The van der Waals surface area contributed by atoms with E-state index in [1.165, 1.54) is 31.4 Å². The summed E-state index contributed by atoms with van der Waals surface area (Å²) in [4.78, 5) is 23.6. The standard InChI is InChI=1S/C15H19NO4/c1-10(2)4-9-13(15(19)20-3)16-14(18)11-5-7-12(17)8-6-11/h4-8,13,17H,9H2,1-3H3,(H,16,18)/t13-/m0/s1. The predicted octanol–water partition coefficient (Wildman–Crippen LogP) is 2.02. The summed E-state index contributed by atoms with van der Waals surface area (Å²) in [6, 6.07) is 5.08. The average Bonchev–Trinajstić information content (AvgIpc) is 2.42. The first-order valence-electron chi connectivity index (χ1n) is 6.25. The number of allylic oxidation sites excluding steroid dienone is 1. The largest absolute Gasteiger partial charge is 0.508 e. The van der Waals surface area contributed by atoms with Crippen molar-refractivity contribution in [3.05, 3.63) is 41.5 Å². The number of phenols is 1. The van der Waals surface area contributed by atoms with Gasteiger partial charge in [-0.1, -0.05) is 11.6 Å². The van der Waals surface area contributed by atoms with Crippen LogP contribution in [0.3, 0.4) is 0 Å². The van der Waals surface area contributed by atoms with Gasteiger partial charge in [0.15, 0.2) is 0 Å². The van der Waals surface area contributed by atoms with Crippen LogP contribution in [0.25, 0.3) is 0 Å². The fraction of sp³-hybridized carbons (Fsp3) is 0.333. The Labute approximate surface area is 118 Å². The van der Waals surface area contributed by atoms with Crippen LogP contribution in [0.2, 0.25) is 0 Å².